The van der Waals surface area contributed by atoms with E-state index in [1.165, 1.54) is 0 Å². The van der Waals surface area contributed by atoms with Gasteiger partial charge in [-0.2, -0.15) is 0 Å². The van der Waals surface area contributed by atoms with Crippen LogP contribution in [-0.4, -0.2) is 40.6 Å². The Kier molecular flexibility index (Phi) is 11.7. The summed E-state index contributed by atoms with van der Waals surface area (Å²) in [5.41, 5.74) is 1.54. The molecule has 0 aliphatic heterocycles. The fraction of sp³-hybridized carbons (Fsp3) is 0.571. The molecule has 0 fully saturated rings. The van der Waals surface area contributed by atoms with Crippen molar-refractivity contribution in [2.24, 2.45) is 10.9 Å². The van der Waals surface area contributed by atoms with Crippen LogP contribution >= 0.6 is 35.7 Å². The Morgan fingerprint density at radius 2 is 2.00 bits per heavy atom. The van der Waals surface area contributed by atoms with E-state index < -0.39 is 0 Å². The number of aromatic nitrogens is 3. The molecule has 0 spiro atoms. The largest absolute Gasteiger partial charge is 0.356 e. The van der Waals surface area contributed by atoms with E-state index in [-0.39, 0.29) is 35.8 Å². The molecular weight excluding hydrogens is 514 g/mol. The highest BCUT2D eigenvalue weighted by molar-refractivity contribution is 14.0. The van der Waals surface area contributed by atoms with E-state index in [0.717, 1.165) is 42.5 Å². The van der Waals surface area contributed by atoms with E-state index in [0.29, 0.717) is 17.4 Å². The lowest BCUT2D eigenvalue weighted by Gasteiger charge is -2.19. The van der Waals surface area contributed by atoms with Gasteiger partial charge in [0.15, 0.2) is 11.1 Å². The Labute approximate surface area is 200 Å². The lowest BCUT2D eigenvalue weighted by atomic mass is 10.1. The number of aryl methyl sites for hydroxylation is 2. The highest BCUT2D eigenvalue weighted by atomic mass is 127. The molecule has 6 nitrogen and oxygen atoms in total. The van der Waals surface area contributed by atoms with Gasteiger partial charge in [0.2, 0.25) is 0 Å². The second-order valence-corrected chi connectivity index (χ2v) is 8.36. The maximum atomic E-state index is 13.8. The number of benzene rings is 1. The van der Waals surface area contributed by atoms with Gasteiger partial charge in [-0.3, -0.25) is 4.99 Å². The molecule has 0 radical (unpaired) electrons. The van der Waals surface area contributed by atoms with E-state index in [4.69, 9.17) is 0 Å². The summed E-state index contributed by atoms with van der Waals surface area (Å²) >= 11 is 1.63. The summed E-state index contributed by atoms with van der Waals surface area (Å²) in [5.74, 6) is 2.09. The number of rotatable bonds is 9. The standard InChI is InChI=1S/C21H33FN6S.HI/c1-14(2)13-28-19(26-27-21(28)29-6)8-7-11-24-20(23-5)25-16(4)17-10-9-15(3)18(22)12-17;/h9-10,12,14,16H,7-8,11,13H2,1-6H3,(H2,23,24,25);1H. The predicted molar refractivity (Wildman–Crippen MR) is 134 cm³/mol. The third-order valence-corrected chi connectivity index (χ3v) is 5.33. The molecule has 0 saturated carbocycles. The first-order valence-corrected chi connectivity index (χ1v) is 11.3. The molecule has 1 unspecified atom stereocenters. The zero-order chi connectivity index (χ0) is 21.4. The van der Waals surface area contributed by atoms with Crippen LogP contribution < -0.4 is 10.6 Å². The van der Waals surface area contributed by atoms with E-state index in [2.05, 4.69) is 44.2 Å². The molecule has 168 valence electrons. The molecule has 30 heavy (non-hydrogen) atoms. The molecule has 1 aromatic carbocycles. The van der Waals surface area contributed by atoms with E-state index in [1.807, 2.05) is 19.2 Å². The van der Waals surface area contributed by atoms with Crippen LogP contribution in [-0.2, 0) is 13.0 Å². The molecular formula is C21H34FIN6S. The van der Waals surface area contributed by atoms with E-state index in [9.17, 15) is 4.39 Å². The SMILES string of the molecule is CN=C(NCCCc1nnc(SC)n1CC(C)C)NC(C)c1ccc(C)c(F)c1.I. The zero-order valence-electron chi connectivity index (χ0n) is 18.7. The van der Waals surface area contributed by atoms with Gasteiger partial charge in [0, 0.05) is 26.6 Å². The van der Waals surface area contributed by atoms with Crippen molar-refractivity contribution in [2.45, 2.75) is 58.3 Å². The minimum Gasteiger partial charge on any atom is -0.356 e. The smallest absolute Gasteiger partial charge is 0.191 e. The summed E-state index contributed by atoms with van der Waals surface area (Å²) in [7, 11) is 1.74. The number of hydrogen-bond donors (Lipinski definition) is 2. The normalized spacial score (nSPS) is 12.6. The average molecular weight is 549 g/mol. The topological polar surface area (TPSA) is 67.1 Å². The van der Waals surface area contributed by atoms with Crippen molar-refractivity contribution < 1.29 is 4.39 Å². The summed E-state index contributed by atoms with van der Waals surface area (Å²) in [4.78, 5) is 4.28. The number of thioether (sulfide) groups is 1. The first kappa shape index (κ1) is 26.7. The second kappa shape index (κ2) is 13.1. The van der Waals surface area contributed by atoms with Gasteiger partial charge >= 0.3 is 0 Å². The third-order valence-electron chi connectivity index (χ3n) is 4.67. The van der Waals surface area contributed by atoms with Crippen LogP contribution in [0.3, 0.4) is 0 Å². The van der Waals surface area contributed by atoms with Crippen LogP contribution in [0.2, 0.25) is 0 Å². The van der Waals surface area contributed by atoms with Crippen LogP contribution in [0.15, 0.2) is 28.3 Å². The highest BCUT2D eigenvalue weighted by Gasteiger charge is 2.13. The molecule has 1 atom stereocenters. The molecule has 0 aliphatic rings. The molecule has 1 aromatic heterocycles. The first-order chi connectivity index (χ1) is 13.8. The quantitative estimate of drug-likeness (QED) is 0.158. The summed E-state index contributed by atoms with van der Waals surface area (Å²) in [6.45, 7) is 9.85. The van der Waals surface area contributed by atoms with Crippen LogP contribution in [0.4, 0.5) is 4.39 Å². The van der Waals surface area contributed by atoms with Crippen LogP contribution in [0.1, 0.15) is 50.2 Å². The monoisotopic (exact) mass is 548 g/mol. The van der Waals surface area contributed by atoms with Gasteiger partial charge < -0.3 is 15.2 Å². The summed E-state index contributed by atoms with van der Waals surface area (Å²) in [6.07, 6.45) is 3.80. The molecule has 1 heterocycles. The lowest BCUT2D eigenvalue weighted by Crippen LogP contribution is -2.39. The Balaban J connectivity index is 0.00000450. The number of hydrogen-bond acceptors (Lipinski definition) is 4. The van der Waals surface area contributed by atoms with Gasteiger partial charge in [-0.05, 0) is 49.6 Å². The fourth-order valence-electron chi connectivity index (χ4n) is 3.02. The third kappa shape index (κ3) is 7.72. The van der Waals surface area contributed by atoms with Gasteiger partial charge in [0.25, 0.3) is 0 Å². The minimum atomic E-state index is -0.186. The number of nitrogens with one attached hydrogen (secondary N) is 2. The van der Waals surface area contributed by atoms with Crippen molar-refractivity contribution in [1.29, 1.82) is 0 Å². The Hall–Kier alpha value is -1.36. The fourth-order valence-corrected chi connectivity index (χ4v) is 3.54. The van der Waals surface area contributed by atoms with Crippen LogP contribution in [0, 0.1) is 18.7 Å². The summed E-state index contributed by atoms with van der Waals surface area (Å²) in [5, 5.41) is 16.3. The Morgan fingerprint density at radius 1 is 1.27 bits per heavy atom. The predicted octanol–water partition coefficient (Wildman–Crippen LogP) is 4.58. The molecule has 9 heteroatoms. The lowest BCUT2D eigenvalue weighted by molar-refractivity contribution is 0.477. The van der Waals surface area contributed by atoms with Gasteiger partial charge in [-0.25, -0.2) is 4.39 Å². The van der Waals surface area contributed by atoms with Crippen molar-refractivity contribution in [2.75, 3.05) is 19.8 Å². The highest BCUT2D eigenvalue weighted by Crippen LogP contribution is 2.17. The number of nitrogens with zero attached hydrogens (tertiary/aromatic N) is 4. The van der Waals surface area contributed by atoms with Crippen molar-refractivity contribution in [1.82, 2.24) is 25.4 Å². The molecule has 2 aromatic rings. The molecule has 0 aliphatic carbocycles. The van der Waals surface area contributed by atoms with E-state index >= 15 is 0 Å². The summed E-state index contributed by atoms with van der Waals surface area (Å²) < 4.78 is 16.0. The second-order valence-electron chi connectivity index (χ2n) is 7.58. The van der Waals surface area contributed by atoms with Gasteiger partial charge in [-0.15, -0.1) is 34.2 Å². The van der Waals surface area contributed by atoms with E-state index in [1.54, 1.807) is 37.9 Å². The van der Waals surface area contributed by atoms with Crippen molar-refractivity contribution >= 4 is 41.7 Å². The van der Waals surface area contributed by atoms with Gasteiger partial charge in [0.05, 0.1) is 6.04 Å². The van der Waals surface area contributed by atoms with Crippen molar-refractivity contribution in [3.8, 4) is 0 Å². The zero-order valence-corrected chi connectivity index (χ0v) is 21.8. The Bertz CT molecular complexity index is 824. The molecule has 0 amide bonds. The van der Waals surface area contributed by atoms with Crippen molar-refractivity contribution in [3.63, 3.8) is 0 Å². The first-order valence-electron chi connectivity index (χ1n) is 10.0. The van der Waals surface area contributed by atoms with Crippen molar-refractivity contribution in [3.05, 3.63) is 41.0 Å². The van der Waals surface area contributed by atoms with Crippen LogP contribution in [0.25, 0.3) is 0 Å². The summed E-state index contributed by atoms with van der Waals surface area (Å²) in [6, 6.07) is 5.27. The van der Waals surface area contributed by atoms with Gasteiger partial charge in [-0.1, -0.05) is 37.7 Å². The molecule has 2 rings (SSSR count). The number of aliphatic imine (C=N–C) groups is 1. The molecule has 0 bridgehead atoms. The maximum Gasteiger partial charge on any atom is 0.191 e. The molecule has 0 saturated heterocycles. The average Bonchev–Trinajstić information content (AvgIpc) is 3.07. The number of halogens is 2. The van der Waals surface area contributed by atoms with Gasteiger partial charge in [0.1, 0.15) is 11.6 Å². The van der Waals surface area contributed by atoms with Crippen LogP contribution in [0.5, 0.6) is 0 Å². The maximum absolute atomic E-state index is 13.8. The minimum absolute atomic E-state index is 0. The molecule has 2 N–H and O–H groups in total. The Morgan fingerprint density at radius 3 is 2.60 bits per heavy atom. The number of guanidine groups is 1.